The van der Waals surface area contributed by atoms with Gasteiger partial charge in [-0.1, -0.05) is 83.1 Å². The molecule has 0 aromatic heterocycles. The topological polar surface area (TPSA) is 92.8 Å². The molecule has 47 heavy (non-hydrogen) atoms. The van der Waals surface area contributed by atoms with E-state index in [0.717, 1.165) is 0 Å². The molecular formula is C34H69NO8Si4. The molecule has 0 saturated carbocycles. The summed E-state index contributed by atoms with van der Waals surface area (Å²) in [5.74, 6) is -0.745. The third-order valence-electron chi connectivity index (χ3n) is 12.5. The monoisotopic (exact) mass is 731 g/mol. The standard InChI is InChI=1S/C34H69NO8Si4/c1-31(2,3)44(13,14)40-24-22-21-38-30(39-22)25(41-45(15,16)32(4,5)6)23(24)35-28(36)26(42-46(17,18)33(7,8)9)27(29(35)37)43-47(19,20)34(10,11)12/h22-27,30H,21H2,1-20H3/t22-,23+,24-,25-,26-,27-,30-/m1/s1. The number of imide groups is 1. The Hall–Kier alpha value is -0.232. The van der Waals surface area contributed by atoms with Crippen molar-refractivity contribution in [3.05, 3.63) is 0 Å². The summed E-state index contributed by atoms with van der Waals surface area (Å²) in [6.45, 7) is 43.5. The molecule has 3 fully saturated rings. The predicted octanol–water partition coefficient (Wildman–Crippen LogP) is 8.04. The van der Waals surface area contributed by atoms with E-state index in [1.54, 1.807) is 0 Å². The Balaban J connectivity index is 2.25. The zero-order valence-corrected chi connectivity index (χ0v) is 37.5. The van der Waals surface area contributed by atoms with Gasteiger partial charge in [0.1, 0.15) is 12.2 Å². The van der Waals surface area contributed by atoms with Gasteiger partial charge in [0.25, 0.3) is 11.8 Å². The van der Waals surface area contributed by atoms with Gasteiger partial charge in [-0.05, 0) is 72.5 Å². The van der Waals surface area contributed by atoms with Crippen LogP contribution in [0.4, 0.5) is 0 Å². The summed E-state index contributed by atoms with van der Waals surface area (Å²) in [6, 6.07) is -0.761. The number of ether oxygens (including phenoxy) is 2. The number of carbonyl (C=O) groups excluding carboxylic acids is 2. The maximum atomic E-state index is 15.0. The van der Waals surface area contributed by atoms with E-state index in [9.17, 15) is 9.59 Å². The molecule has 0 aliphatic carbocycles. The number of likely N-dealkylation sites (tertiary alicyclic amines) is 1. The lowest BCUT2D eigenvalue weighted by Crippen LogP contribution is -2.68. The molecule has 3 rings (SSSR count). The van der Waals surface area contributed by atoms with E-state index in [0.29, 0.717) is 6.61 Å². The average molecular weight is 732 g/mol. The molecular weight excluding hydrogens is 663 g/mol. The summed E-state index contributed by atoms with van der Waals surface area (Å²) in [7, 11) is -9.93. The molecule has 2 amide bonds. The first-order chi connectivity index (χ1) is 20.7. The number of amides is 2. The Morgan fingerprint density at radius 2 is 0.872 bits per heavy atom. The molecule has 3 heterocycles. The van der Waals surface area contributed by atoms with Gasteiger partial charge in [0.15, 0.2) is 51.8 Å². The first kappa shape index (κ1) is 41.2. The van der Waals surface area contributed by atoms with Crippen LogP contribution in [0.5, 0.6) is 0 Å². The largest absolute Gasteiger partial charge is 0.409 e. The fourth-order valence-electron chi connectivity index (χ4n) is 5.10. The fourth-order valence-corrected chi connectivity index (χ4v) is 10.1. The molecule has 274 valence electrons. The normalized spacial score (nSPS) is 30.5. The number of nitrogens with zero attached hydrogens (tertiary/aromatic N) is 1. The first-order valence-corrected chi connectivity index (χ1v) is 29.2. The second kappa shape index (κ2) is 12.8. The molecule has 13 heteroatoms. The Morgan fingerprint density at radius 3 is 1.21 bits per heavy atom. The maximum absolute atomic E-state index is 15.0. The Kier molecular flexibility index (Phi) is 11.2. The van der Waals surface area contributed by atoms with Crippen molar-refractivity contribution in [2.45, 2.75) is 198 Å². The zero-order chi connectivity index (χ0) is 36.7. The number of hydrogen-bond acceptors (Lipinski definition) is 8. The maximum Gasteiger partial charge on any atom is 0.260 e. The highest BCUT2D eigenvalue weighted by molar-refractivity contribution is 6.75. The van der Waals surface area contributed by atoms with E-state index in [2.05, 4.69) is 135 Å². The number of fused-ring (bicyclic) bond motifs is 2. The second-order valence-electron chi connectivity index (χ2n) is 20.2. The number of hydrogen-bond donors (Lipinski definition) is 0. The molecule has 0 aromatic carbocycles. The lowest BCUT2D eigenvalue weighted by Gasteiger charge is -2.51. The van der Waals surface area contributed by atoms with Gasteiger partial charge in [-0.25, -0.2) is 0 Å². The molecule has 0 aromatic rings. The third-order valence-corrected chi connectivity index (χ3v) is 30.4. The van der Waals surface area contributed by atoms with Gasteiger partial charge in [0.2, 0.25) is 0 Å². The number of rotatable bonds is 9. The smallest absolute Gasteiger partial charge is 0.260 e. The minimum absolute atomic E-state index is 0.120. The van der Waals surface area contributed by atoms with Crippen molar-refractivity contribution in [2.24, 2.45) is 0 Å². The quantitative estimate of drug-likeness (QED) is 0.174. The highest BCUT2D eigenvalue weighted by Gasteiger charge is 2.65. The molecule has 7 atom stereocenters. The van der Waals surface area contributed by atoms with Crippen molar-refractivity contribution in [2.75, 3.05) is 6.61 Å². The molecule has 0 radical (unpaired) electrons. The van der Waals surface area contributed by atoms with Crippen LogP contribution >= 0.6 is 0 Å². The minimum atomic E-state index is -2.52. The van der Waals surface area contributed by atoms with E-state index in [1.807, 2.05) is 0 Å². The lowest BCUT2D eigenvalue weighted by atomic mass is 9.96. The van der Waals surface area contributed by atoms with E-state index in [4.69, 9.17) is 27.2 Å². The van der Waals surface area contributed by atoms with Crippen LogP contribution in [0.1, 0.15) is 83.1 Å². The van der Waals surface area contributed by atoms with Crippen molar-refractivity contribution in [3.8, 4) is 0 Å². The van der Waals surface area contributed by atoms with Crippen molar-refractivity contribution >= 4 is 45.1 Å². The van der Waals surface area contributed by atoms with Crippen LogP contribution in [0.2, 0.25) is 72.5 Å². The van der Waals surface area contributed by atoms with Gasteiger partial charge in [-0.3, -0.25) is 14.5 Å². The van der Waals surface area contributed by atoms with Gasteiger partial charge in [0, 0.05) is 0 Å². The Morgan fingerprint density at radius 1 is 0.553 bits per heavy atom. The number of carbonyl (C=O) groups is 2. The van der Waals surface area contributed by atoms with Crippen molar-refractivity contribution in [1.29, 1.82) is 0 Å². The molecule has 0 N–H and O–H groups in total. The SMILES string of the molecule is CC(C)(C)[Si](C)(C)O[C@H]1[C@@H]2OC[C@@H](O2)[C@@H](O[Si](C)(C)C(C)(C)C)[C@@H]1N1C(=O)[C@H](O[Si](C)(C)C(C)(C)C)[C@@H](O[Si](C)(C)C(C)(C)C)C1=O. The van der Waals surface area contributed by atoms with E-state index >= 15 is 0 Å². The van der Waals surface area contributed by atoms with Crippen molar-refractivity contribution in [1.82, 2.24) is 4.90 Å². The summed E-state index contributed by atoms with van der Waals surface area (Å²) in [4.78, 5) is 31.4. The van der Waals surface area contributed by atoms with E-state index in [-0.39, 0.29) is 32.0 Å². The highest BCUT2D eigenvalue weighted by Crippen LogP contribution is 2.48. The molecule has 2 bridgehead atoms. The van der Waals surface area contributed by atoms with Crippen LogP contribution in [0.25, 0.3) is 0 Å². The molecule has 0 spiro atoms. The van der Waals surface area contributed by atoms with Gasteiger partial charge < -0.3 is 27.2 Å². The van der Waals surface area contributed by atoms with E-state index in [1.165, 1.54) is 4.90 Å². The van der Waals surface area contributed by atoms with Gasteiger partial charge >= 0.3 is 0 Å². The lowest BCUT2D eigenvalue weighted by molar-refractivity contribution is -0.207. The summed E-state index contributed by atoms with van der Waals surface area (Å²) in [5, 5.41) is -0.619. The van der Waals surface area contributed by atoms with Gasteiger partial charge in [-0.2, -0.15) is 0 Å². The van der Waals surface area contributed by atoms with E-state index < -0.39 is 76.1 Å². The predicted molar refractivity (Wildman–Crippen MR) is 199 cm³/mol. The minimum Gasteiger partial charge on any atom is -0.409 e. The molecule has 9 nitrogen and oxygen atoms in total. The van der Waals surface area contributed by atoms with Crippen LogP contribution in [0.15, 0.2) is 0 Å². The van der Waals surface area contributed by atoms with Gasteiger partial charge in [-0.15, -0.1) is 0 Å². The molecule has 3 saturated heterocycles. The molecule has 3 aliphatic rings. The second-order valence-corrected chi connectivity index (χ2v) is 39.2. The van der Waals surface area contributed by atoms with Crippen molar-refractivity contribution in [3.63, 3.8) is 0 Å². The van der Waals surface area contributed by atoms with Crippen LogP contribution in [-0.4, -0.2) is 99.4 Å². The molecule has 0 unspecified atom stereocenters. The van der Waals surface area contributed by atoms with Crippen LogP contribution in [-0.2, 0) is 36.8 Å². The summed E-state index contributed by atoms with van der Waals surface area (Å²) in [6.07, 6.45) is -4.63. The summed E-state index contributed by atoms with van der Waals surface area (Å²) < 4.78 is 40.8. The Labute approximate surface area is 291 Å². The van der Waals surface area contributed by atoms with Crippen LogP contribution < -0.4 is 0 Å². The average Bonchev–Trinajstić information content (AvgIpc) is 3.36. The zero-order valence-electron chi connectivity index (χ0n) is 33.5. The highest BCUT2D eigenvalue weighted by atomic mass is 28.4. The van der Waals surface area contributed by atoms with Gasteiger partial charge in [0.05, 0.1) is 18.8 Å². The molecule has 3 aliphatic heterocycles. The third kappa shape index (κ3) is 7.99. The summed E-state index contributed by atoms with van der Waals surface area (Å²) >= 11 is 0. The summed E-state index contributed by atoms with van der Waals surface area (Å²) in [5.41, 5.74) is 0. The van der Waals surface area contributed by atoms with Crippen molar-refractivity contribution < 1.29 is 36.8 Å². The van der Waals surface area contributed by atoms with Crippen LogP contribution in [0, 0.1) is 0 Å². The first-order valence-electron chi connectivity index (χ1n) is 17.5. The Bertz CT molecular complexity index is 1090. The fraction of sp³-hybridized carbons (Fsp3) is 0.941. The van der Waals surface area contributed by atoms with Crippen LogP contribution in [0.3, 0.4) is 0 Å².